The first-order chi connectivity index (χ1) is 7.75. The average Bonchev–Trinajstić information content (AvgIpc) is 2.76. The number of halogens is 2. The quantitative estimate of drug-likeness (QED) is 0.909. The van der Waals surface area contributed by atoms with Gasteiger partial charge < -0.3 is 5.32 Å². The fourth-order valence-electron chi connectivity index (χ4n) is 1.35. The molecule has 0 aliphatic carbocycles. The molecular weight excluding hydrogens is 245 g/mol. The molecule has 3 nitrogen and oxygen atoms in total. The van der Waals surface area contributed by atoms with Crippen molar-refractivity contribution in [3.63, 3.8) is 0 Å². The minimum atomic E-state index is 0.561. The van der Waals surface area contributed by atoms with E-state index < -0.39 is 0 Å². The van der Waals surface area contributed by atoms with Crippen LogP contribution in [-0.2, 0) is 6.54 Å². The second-order valence-corrected chi connectivity index (χ2v) is 4.14. The molecule has 84 valence electrons. The van der Waals surface area contributed by atoms with Crippen molar-refractivity contribution in [2.75, 3.05) is 11.9 Å². The topological polar surface area (TPSA) is 29.9 Å². The lowest BCUT2D eigenvalue weighted by Gasteiger charge is -2.07. The lowest BCUT2D eigenvalue weighted by molar-refractivity contribution is 0.638. The van der Waals surface area contributed by atoms with E-state index in [0.29, 0.717) is 10.0 Å². The van der Waals surface area contributed by atoms with Crippen LogP contribution in [0.25, 0.3) is 0 Å². The Hall–Kier alpha value is -1.19. The van der Waals surface area contributed by atoms with Gasteiger partial charge in [0.05, 0.1) is 16.6 Å². The van der Waals surface area contributed by atoms with E-state index in [9.17, 15) is 0 Å². The maximum atomic E-state index is 5.90. The summed E-state index contributed by atoms with van der Waals surface area (Å²) in [6.45, 7) is 1.60. The molecule has 0 saturated carbocycles. The molecule has 1 heterocycles. The van der Waals surface area contributed by atoms with Gasteiger partial charge in [0.2, 0.25) is 0 Å². The molecule has 0 aliphatic rings. The zero-order chi connectivity index (χ0) is 11.4. The first-order valence-corrected chi connectivity index (χ1v) is 5.67. The van der Waals surface area contributed by atoms with Gasteiger partial charge >= 0.3 is 0 Å². The predicted octanol–water partition coefficient (Wildman–Crippen LogP) is 3.30. The van der Waals surface area contributed by atoms with Gasteiger partial charge in [-0.3, -0.25) is 4.68 Å². The Bertz CT molecular complexity index is 454. The molecule has 1 aromatic carbocycles. The molecule has 0 fully saturated rings. The summed E-state index contributed by atoms with van der Waals surface area (Å²) in [5, 5.41) is 8.49. The number of anilines is 1. The molecule has 0 aliphatic heterocycles. The average molecular weight is 256 g/mol. The summed E-state index contributed by atoms with van der Waals surface area (Å²) in [7, 11) is 0. The number of nitrogens with zero attached hydrogens (tertiary/aromatic N) is 2. The lowest BCUT2D eigenvalue weighted by Crippen LogP contribution is -2.10. The van der Waals surface area contributed by atoms with Gasteiger partial charge in [-0.1, -0.05) is 23.2 Å². The Kier molecular flexibility index (Phi) is 3.70. The number of benzene rings is 1. The summed E-state index contributed by atoms with van der Waals surface area (Å²) in [5.74, 6) is 0. The van der Waals surface area contributed by atoms with Crippen LogP contribution in [0.2, 0.25) is 10.0 Å². The second-order valence-electron chi connectivity index (χ2n) is 3.32. The van der Waals surface area contributed by atoms with E-state index in [1.54, 1.807) is 12.3 Å². The van der Waals surface area contributed by atoms with Gasteiger partial charge in [0.25, 0.3) is 0 Å². The smallest absolute Gasteiger partial charge is 0.0612 e. The monoisotopic (exact) mass is 255 g/mol. The van der Waals surface area contributed by atoms with E-state index in [1.807, 2.05) is 29.1 Å². The van der Waals surface area contributed by atoms with E-state index >= 15 is 0 Å². The Morgan fingerprint density at radius 1 is 1.25 bits per heavy atom. The molecule has 1 N–H and O–H groups in total. The molecule has 5 heteroatoms. The molecule has 1 aromatic heterocycles. The van der Waals surface area contributed by atoms with E-state index in [-0.39, 0.29) is 0 Å². The van der Waals surface area contributed by atoms with Gasteiger partial charge in [0.1, 0.15) is 0 Å². The molecular formula is C11H11Cl2N3. The molecule has 0 amide bonds. The van der Waals surface area contributed by atoms with Crippen LogP contribution in [0.1, 0.15) is 0 Å². The van der Waals surface area contributed by atoms with E-state index in [0.717, 1.165) is 18.8 Å². The van der Waals surface area contributed by atoms with Crippen molar-refractivity contribution in [2.45, 2.75) is 6.54 Å². The molecule has 0 radical (unpaired) electrons. The summed E-state index contributed by atoms with van der Waals surface area (Å²) in [5.41, 5.74) is 0.960. The molecule has 0 saturated heterocycles. The zero-order valence-corrected chi connectivity index (χ0v) is 10.0. The molecule has 2 rings (SSSR count). The molecule has 0 spiro atoms. The predicted molar refractivity (Wildman–Crippen MR) is 67.2 cm³/mol. The fourth-order valence-corrected chi connectivity index (χ4v) is 1.65. The summed E-state index contributed by atoms with van der Waals surface area (Å²) in [6.07, 6.45) is 3.69. The largest absolute Gasteiger partial charge is 0.383 e. The van der Waals surface area contributed by atoms with E-state index in [2.05, 4.69) is 10.4 Å². The number of hydrogen-bond acceptors (Lipinski definition) is 2. The van der Waals surface area contributed by atoms with Crippen molar-refractivity contribution < 1.29 is 0 Å². The fraction of sp³-hybridized carbons (Fsp3) is 0.182. The molecule has 0 bridgehead atoms. The summed E-state index contributed by atoms with van der Waals surface area (Å²) >= 11 is 11.7. The highest BCUT2D eigenvalue weighted by Gasteiger charge is 1.98. The van der Waals surface area contributed by atoms with Crippen LogP contribution in [0.5, 0.6) is 0 Å². The van der Waals surface area contributed by atoms with Crippen molar-refractivity contribution in [2.24, 2.45) is 0 Å². The number of hydrogen-bond donors (Lipinski definition) is 1. The SMILES string of the molecule is Clc1ccc(NCCn2cccn2)cc1Cl. The molecule has 0 atom stereocenters. The van der Waals surface area contributed by atoms with Gasteiger partial charge in [-0.2, -0.15) is 5.10 Å². The van der Waals surface area contributed by atoms with Crippen LogP contribution in [0, 0.1) is 0 Å². The Labute approximate surface area is 104 Å². The number of rotatable bonds is 4. The zero-order valence-electron chi connectivity index (χ0n) is 8.53. The Morgan fingerprint density at radius 2 is 2.12 bits per heavy atom. The highest BCUT2D eigenvalue weighted by atomic mass is 35.5. The third kappa shape index (κ3) is 2.90. The van der Waals surface area contributed by atoms with E-state index in [4.69, 9.17) is 23.2 Å². The Morgan fingerprint density at radius 3 is 2.81 bits per heavy atom. The lowest BCUT2D eigenvalue weighted by atomic mass is 10.3. The minimum Gasteiger partial charge on any atom is -0.383 e. The van der Waals surface area contributed by atoms with Gasteiger partial charge in [-0.15, -0.1) is 0 Å². The number of aromatic nitrogens is 2. The maximum Gasteiger partial charge on any atom is 0.0612 e. The minimum absolute atomic E-state index is 0.561. The Balaban J connectivity index is 1.87. The molecule has 16 heavy (non-hydrogen) atoms. The second kappa shape index (κ2) is 5.23. The summed E-state index contributed by atoms with van der Waals surface area (Å²) in [6, 6.07) is 7.39. The van der Waals surface area contributed by atoms with Crippen molar-refractivity contribution in [3.8, 4) is 0 Å². The van der Waals surface area contributed by atoms with Gasteiger partial charge in [0.15, 0.2) is 0 Å². The van der Waals surface area contributed by atoms with Gasteiger partial charge in [-0.25, -0.2) is 0 Å². The third-order valence-corrected chi connectivity index (χ3v) is 2.89. The van der Waals surface area contributed by atoms with Crippen LogP contribution >= 0.6 is 23.2 Å². The summed E-state index contributed by atoms with van der Waals surface area (Å²) < 4.78 is 1.87. The standard InChI is InChI=1S/C11H11Cl2N3/c12-10-3-2-9(8-11(10)13)14-5-7-16-6-1-4-15-16/h1-4,6,8,14H,5,7H2. The van der Waals surface area contributed by atoms with Crippen molar-refractivity contribution >= 4 is 28.9 Å². The van der Waals surface area contributed by atoms with Crippen LogP contribution in [0.3, 0.4) is 0 Å². The van der Waals surface area contributed by atoms with Gasteiger partial charge in [0, 0.05) is 24.6 Å². The van der Waals surface area contributed by atoms with Crippen LogP contribution in [-0.4, -0.2) is 16.3 Å². The normalized spacial score (nSPS) is 10.4. The highest BCUT2D eigenvalue weighted by Crippen LogP contribution is 2.24. The first-order valence-electron chi connectivity index (χ1n) is 4.92. The van der Waals surface area contributed by atoms with Crippen molar-refractivity contribution in [3.05, 3.63) is 46.7 Å². The maximum absolute atomic E-state index is 5.90. The van der Waals surface area contributed by atoms with Crippen LogP contribution < -0.4 is 5.32 Å². The molecule has 2 aromatic rings. The first kappa shape index (κ1) is 11.3. The van der Waals surface area contributed by atoms with Crippen molar-refractivity contribution in [1.82, 2.24) is 9.78 Å². The van der Waals surface area contributed by atoms with Crippen molar-refractivity contribution in [1.29, 1.82) is 0 Å². The van der Waals surface area contributed by atoms with E-state index in [1.165, 1.54) is 0 Å². The summed E-state index contributed by atoms with van der Waals surface area (Å²) in [4.78, 5) is 0. The number of nitrogens with one attached hydrogen (secondary N) is 1. The van der Waals surface area contributed by atoms with Gasteiger partial charge in [-0.05, 0) is 24.3 Å². The molecule has 0 unspecified atom stereocenters. The highest BCUT2D eigenvalue weighted by molar-refractivity contribution is 6.42. The van der Waals surface area contributed by atoms with Crippen LogP contribution in [0.15, 0.2) is 36.7 Å². The third-order valence-electron chi connectivity index (χ3n) is 2.15. The van der Waals surface area contributed by atoms with Crippen LogP contribution in [0.4, 0.5) is 5.69 Å².